The van der Waals surface area contributed by atoms with Gasteiger partial charge in [-0.2, -0.15) is 0 Å². The fraction of sp³-hybridized carbons (Fsp3) is 0.550. The quantitative estimate of drug-likeness (QED) is 0.749. The van der Waals surface area contributed by atoms with Crippen LogP contribution in [-0.2, 0) is 9.59 Å². The highest BCUT2D eigenvalue weighted by Crippen LogP contribution is 2.18. The number of carbonyl (C=O) groups excluding carboxylic acids is 3. The van der Waals surface area contributed by atoms with Crippen LogP contribution in [0.25, 0.3) is 0 Å². The van der Waals surface area contributed by atoms with E-state index in [0.717, 1.165) is 18.4 Å². The summed E-state index contributed by atoms with van der Waals surface area (Å²) < 4.78 is 0. The van der Waals surface area contributed by atoms with Crippen molar-refractivity contribution in [1.82, 2.24) is 15.1 Å². The van der Waals surface area contributed by atoms with Gasteiger partial charge in [0.15, 0.2) is 5.78 Å². The molecular weight excluding hydrogens is 330 g/mol. The minimum absolute atomic E-state index is 0.00809. The first kappa shape index (κ1) is 18.6. The maximum atomic E-state index is 12.3. The molecule has 0 bridgehead atoms. The van der Waals surface area contributed by atoms with E-state index in [0.29, 0.717) is 44.3 Å². The monoisotopic (exact) mass is 357 g/mol. The highest BCUT2D eigenvalue weighted by atomic mass is 16.2. The Balaban J connectivity index is 1.37. The topological polar surface area (TPSA) is 69.7 Å². The van der Waals surface area contributed by atoms with Crippen LogP contribution >= 0.6 is 0 Å². The molecule has 26 heavy (non-hydrogen) atoms. The van der Waals surface area contributed by atoms with Gasteiger partial charge in [-0.15, -0.1) is 0 Å². The van der Waals surface area contributed by atoms with Crippen molar-refractivity contribution in [2.45, 2.75) is 38.6 Å². The number of nitrogens with zero attached hydrogens (tertiary/aromatic N) is 2. The van der Waals surface area contributed by atoms with Gasteiger partial charge in [0.1, 0.15) is 0 Å². The molecule has 6 nitrogen and oxygen atoms in total. The molecule has 0 aromatic heterocycles. The van der Waals surface area contributed by atoms with Crippen LogP contribution in [0.3, 0.4) is 0 Å². The first-order valence-corrected chi connectivity index (χ1v) is 9.40. The molecule has 1 N–H and O–H groups in total. The molecule has 1 aromatic carbocycles. The molecule has 2 aliphatic rings. The van der Waals surface area contributed by atoms with Crippen molar-refractivity contribution in [3.63, 3.8) is 0 Å². The van der Waals surface area contributed by atoms with E-state index in [4.69, 9.17) is 0 Å². The Labute approximate surface area is 154 Å². The molecule has 0 unspecified atom stereocenters. The molecule has 1 saturated carbocycles. The van der Waals surface area contributed by atoms with Crippen molar-refractivity contribution in [3.05, 3.63) is 35.4 Å². The summed E-state index contributed by atoms with van der Waals surface area (Å²) in [6.07, 6.45) is 2.67. The second kappa shape index (κ2) is 8.45. The summed E-state index contributed by atoms with van der Waals surface area (Å²) in [6, 6.07) is 7.83. The van der Waals surface area contributed by atoms with E-state index in [1.165, 1.54) is 0 Å². The SMILES string of the molecule is Cc1ccc(C(=O)CCC(=O)N2CCN(CC(=O)NC3CC3)CC2)cc1. The molecule has 2 amide bonds. The lowest BCUT2D eigenvalue weighted by atomic mass is 10.0. The molecule has 0 radical (unpaired) electrons. The fourth-order valence-corrected chi connectivity index (χ4v) is 3.12. The Hall–Kier alpha value is -2.21. The summed E-state index contributed by atoms with van der Waals surface area (Å²) in [7, 11) is 0. The van der Waals surface area contributed by atoms with Gasteiger partial charge in [-0.25, -0.2) is 0 Å². The maximum absolute atomic E-state index is 12.3. The standard InChI is InChI=1S/C20H27N3O3/c1-15-2-4-16(5-3-15)18(24)8-9-20(26)23-12-10-22(11-13-23)14-19(25)21-17-6-7-17/h2-5,17H,6-14H2,1H3,(H,21,25). The number of piperazine rings is 1. The summed E-state index contributed by atoms with van der Waals surface area (Å²) in [6.45, 7) is 5.03. The van der Waals surface area contributed by atoms with Crippen LogP contribution in [0.4, 0.5) is 0 Å². The summed E-state index contributed by atoms with van der Waals surface area (Å²) >= 11 is 0. The van der Waals surface area contributed by atoms with Gasteiger partial charge in [0.05, 0.1) is 6.54 Å². The number of carbonyl (C=O) groups is 3. The van der Waals surface area contributed by atoms with Crippen molar-refractivity contribution in [1.29, 1.82) is 0 Å². The molecule has 6 heteroatoms. The van der Waals surface area contributed by atoms with E-state index < -0.39 is 0 Å². The summed E-state index contributed by atoms with van der Waals surface area (Å²) in [5, 5.41) is 2.99. The lowest BCUT2D eigenvalue weighted by Crippen LogP contribution is -2.51. The molecule has 140 valence electrons. The molecule has 0 atom stereocenters. The zero-order valence-electron chi connectivity index (χ0n) is 15.4. The minimum Gasteiger partial charge on any atom is -0.352 e. The van der Waals surface area contributed by atoms with Crippen molar-refractivity contribution in [2.24, 2.45) is 0 Å². The van der Waals surface area contributed by atoms with Gasteiger partial charge >= 0.3 is 0 Å². The average molecular weight is 357 g/mol. The molecule has 1 aromatic rings. The number of aryl methyl sites for hydroxylation is 1. The predicted molar refractivity (Wildman–Crippen MR) is 98.9 cm³/mol. The van der Waals surface area contributed by atoms with Crippen molar-refractivity contribution in [3.8, 4) is 0 Å². The highest BCUT2D eigenvalue weighted by Gasteiger charge is 2.26. The van der Waals surface area contributed by atoms with Gasteiger partial charge < -0.3 is 10.2 Å². The van der Waals surface area contributed by atoms with Crippen LogP contribution < -0.4 is 5.32 Å². The Morgan fingerprint density at radius 2 is 1.65 bits per heavy atom. The molecule has 0 spiro atoms. The number of nitrogens with one attached hydrogen (secondary N) is 1. The lowest BCUT2D eigenvalue weighted by molar-refractivity contribution is -0.133. The Morgan fingerprint density at radius 3 is 2.27 bits per heavy atom. The molecule has 1 aliphatic carbocycles. The largest absolute Gasteiger partial charge is 0.352 e. The van der Waals surface area contributed by atoms with E-state index in [9.17, 15) is 14.4 Å². The van der Waals surface area contributed by atoms with Gasteiger partial charge in [-0.3, -0.25) is 19.3 Å². The van der Waals surface area contributed by atoms with Crippen LogP contribution in [0, 0.1) is 6.92 Å². The van der Waals surface area contributed by atoms with Crippen molar-refractivity contribution < 1.29 is 14.4 Å². The van der Waals surface area contributed by atoms with E-state index >= 15 is 0 Å². The normalized spacial score (nSPS) is 17.8. The first-order chi connectivity index (χ1) is 12.5. The van der Waals surface area contributed by atoms with E-state index in [1.54, 1.807) is 4.90 Å². The number of hydrogen-bond acceptors (Lipinski definition) is 4. The minimum atomic E-state index is 0.00809. The van der Waals surface area contributed by atoms with Crippen LogP contribution in [0.2, 0.25) is 0 Å². The summed E-state index contributed by atoms with van der Waals surface area (Å²) in [5.41, 5.74) is 1.77. The lowest BCUT2D eigenvalue weighted by Gasteiger charge is -2.34. The van der Waals surface area contributed by atoms with Gasteiger partial charge in [-0.1, -0.05) is 29.8 Å². The third-order valence-corrected chi connectivity index (χ3v) is 4.97. The molecular formula is C20H27N3O3. The van der Waals surface area contributed by atoms with Crippen LogP contribution in [0.5, 0.6) is 0 Å². The highest BCUT2D eigenvalue weighted by molar-refractivity contribution is 5.98. The third kappa shape index (κ3) is 5.39. The predicted octanol–water partition coefficient (Wildman–Crippen LogP) is 1.38. The number of rotatable bonds is 7. The number of ketones is 1. The molecule has 1 aliphatic heterocycles. The van der Waals surface area contributed by atoms with Crippen LogP contribution in [0.1, 0.15) is 41.6 Å². The molecule has 1 saturated heterocycles. The average Bonchev–Trinajstić information content (AvgIpc) is 3.44. The summed E-state index contributed by atoms with van der Waals surface area (Å²) in [4.78, 5) is 40.3. The molecule has 2 fully saturated rings. The maximum Gasteiger partial charge on any atom is 0.234 e. The Kier molecular flexibility index (Phi) is 6.04. The Morgan fingerprint density at radius 1 is 1.00 bits per heavy atom. The van der Waals surface area contributed by atoms with Crippen LogP contribution in [-0.4, -0.2) is 66.2 Å². The molecule has 1 heterocycles. The van der Waals surface area contributed by atoms with Crippen LogP contribution in [0.15, 0.2) is 24.3 Å². The second-order valence-electron chi connectivity index (χ2n) is 7.29. The van der Waals surface area contributed by atoms with Crippen molar-refractivity contribution >= 4 is 17.6 Å². The van der Waals surface area contributed by atoms with E-state index in [2.05, 4.69) is 10.2 Å². The smallest absolute Gasteiger partial charge is 0.234 e. The second-order valence-corrected chi connectivity index (χ2v) is 7.29. The van der Waals surface area contributed by atoms with E-state index in [-0.39, 0.29) is 30.4 Å². The van der Waals surface area contributed by atoms with Gasteiger partial charge in [0.25, 0.3) is 0 Å². The summed E-state index contributed by atoms with van der Waals surface area (Å²) in [5.74, 6) is 0.109. The number of Topliss-reactive ketones (excluding diaryl/α,β-unsaturated/α-hetero) is 1. The Bertz CT molecular complexity index is 659. The number of hydrogen-bond donors (Lipinski definition) is 1. The zero-order chi connectivity index (χ0) is 18.5. The fourth-order valence-electron chi connectivity index (χ4n) is 3.12. The number of benzene rings is 1. The van der Waals surface area contributed by atoms with Gasteiger partial charge in [-0.05, 0) is 19.8 Å². The first-order valence-electron chi connectivity index (χ1n) is 9.40. The molecule has 3 rings (SSSR count). The van der Waals surface area contributed by atoms with E-state index in [1.807, 2.05) is 31.2 Å². The van der Waals surface area contributed by atoms with Crippen molar-refractivity contribution in [2.75, 3.05) is 32.7 Å². The zero-order valence-corrected chi connectivity index (χ0v) is 15.4. The van der Waals surface area contributed by atoms with Gasteiger partial charge in [0, 0.05) is 50.6 Å². The third-order valence-electron chi connectivity index (χ3n) is 4.97. The van der Waals surface area contributed by atoms with Gasteiger partial charge in [0.2, 0.25) is 11.8 Å². The number of amides is 2.